The molecule has 1 aromatic rings. The first-order valence-corrected chi connectivity index (χ1v) is 6.62. The Balaban J connectivity index is 2.25. The highest BCUT2D eigenvalue weighted by molar-refractivity contribution is 6.32. The molecule has 2 rings (SSSR count). The zero-order valence-electron chi connectivity index (χ0n) is 11.1. The quantitative estimate of drug-likeness (QED) is 0.861. The van der Waals surface area contributed by atoms with Gasteiger partial charge in [0.1, 0.15) is 5.75 Å². The second-order valence-electron chi connectivity index (χ2n) is 4.70. The number of benzene rings is 1. The molecule has 0 radical (unpaired) electrons. The van der Waals surface area contributed by atoms with Crippen LogP contribution in [0.2, 0.25) is 5.02 Å². The lowest BCUT2D eigenvalue weighted by atomic mass is 9.98. The summed E-state index contributed by atoms with van der Waals surface area (Å²) in [7, 11) is 5.37. The molecule has 1 N–H and O–H groups in total. The van der Waals surface area contributed by atoms with Crippen molar-refractivity contribution in [2.45, 2.75) is 25.0 Å². The SMILES string of the molecule is CNC(c1ccc(Cl)c(OC)c1)C(OC)C1CC1. The van der Waals surface area contributed by atoms with E-state index >= 15 is 0 Å². The Morgan fingerprint density at radius 2 is 2.06 bits per heavy atom. The predicted octanol–water partition coefficient (Wildman–Crippen LogP) is 3.03. The maximum atomic E-state index is 6.06. The Labute approximate surface area is 113 Å². The van der Waals surface area contributed by atoms with E-state index in [0.717, 1.165) is 5.56 Å². The molecule has 0 heterocycles. The van der Waals surface area contributed by atoms with Gasteiger partial charge in [0, 0.05) is 7.11 Å². The van der Waals surface area contributed by atoms with Gasteiger partial charge in [-0.3, -0.25) is 0 Å². The first kappa shape index (κ1) is 13.7. The van der Waals surface area contributed by atoms with Crippen LogP contribution < -0.4 is 10.1 Å². The summed E-state index contributed by atoms with van der Waals surface area (Å²) in [6.07, 6.45) is 2.71. The number of ether oxygens (including phenoxy) is 2. The maximum Gasteiger partial charge on any atom is 0.137 e. The Bertz CT molecular complexity index is 407. The van der Waals surface area contributed by atoms with E-state index in [4.69, 9.17) is 21.1 Å². The number of likely N-dealkylation sites (N-methyl/N-ethyl adjacent to an activating group) is 1. The average Bonchev–Trinajstić information content (AvgIpc) is 3.21. The van der Waals surface area contributed by atoms with E-state index in [1.807, 2.05) is 25.2 Å². The molecule has 1 saturated carbocycles. The number of hydrogen-bond donors (Lipinski definition) is 1. The molecule has 1 fully saturated rings. The molecule has 3 nitrogen and oxygen atoms in total. The van der Waals surface area contributed by atoms with E-state index in [2.05, 4.69) is 5.32 Å². The van der Waals surface area contributed by atoms with E-state index in [0.29, 0.717) is 16.7 Å². The molecule has 0 aliphatic heterocycles. The molecule has 0 bridgehead atoms. The highest BCUT2D eigenvalue weighted by atomic mass is 35.5. The normalized spacial score (nSPS) is 18.4. The molecule has 0 aromatic heterocycles. The van der Waals surface area contributed by atoms with Crippen LogP contribution in [-0.2, 0) is 4.74 Å². The molecule has 0 saturated heterocycles. The zero-order valence-corrected chi connectivity index (χ0v) is 11.8. The van der Waals surface area contributed by atoms with Gasteiger partial charge in [-0.25, -0.2) is 0 Å². The Hall–Kier alpha value is -0.770. The lowest BCUT2D eigenvalue weighted by Crippen LogP contribution is -2.32. The van der Waals surface area contributed by atoms with Gasteiger partial charge in [0.25, 0.3) is 0 Å². The van der Waals surface area contributed by atoms with Crippen LogP contribution in [0, 0.1) is 5.92 Å². The molecule has 4 heteroatoms. The summed E-state index contributed by atoms with van der Waals surface area (Å²) in [5, 5.41) is 3.97. The maximum absolute atomic E-state index is 6.06. The standard InChI is InChI=1S/C14H20ClNO2/c1-16-13(14(18-3)9-4-5-9)10-6-7-11(15)12(8-10)17-2/h6-9,13-14,16H,4-5H2,1-3H3. The van der Waals surface area contributed by atoms with Crippen molar-refractivity contribution in [3.63, 3.8) is 0 Å². The van der Waals surface area contributed by atoms with Crippen LogP contribution in [0.4, 0.5) is 0 Å². The molecular formula is C14H20ClNO2. The van der Waals surface area contributed by atoms with E-state index in [1.165, 1.54) is 12.8 Å². The third-order valence-corrected chi connectivity index (χ3v) is 3.84. The Morgan fingerprint density at radius 3 is 2.56 bits per heavy atom. The van der Waals surface area contributed by atoms with Gasteiger partial charge in [-0.15, -0.1) is 0 Å². The first-order chi connectivity index (χ1) is 8.71. The van der Waals surface area contributed by atoms with Gasteiger partial charge in [0.15, 0.2) is 0 Å². The number of rotatable bonds is 6. The number of halogens is 1. The summed E-state index contributed by atoms with van der Waals surface area (Å²) in [5.41, 5.74) is 1.15. The summed E-state index contributed by atoms with van der Waals surface area (Å²) >= 11 is 6.06. The van der Waals surface area contributed by atoms with Crippen LogP contribution in [0.25, 0.3) is 0 Å². The largest absolute Gasteiger partial charge is 0.495 e. The van der Waals surface area contributed by atoms with Gasteiger partial charge < -0.3 is 14.8 Å². The van der Waals surface area contributed by atoms with Crippen molar-refractivity contribution in [1.29, 1.82) is 0 Å². The van der Waals surface area contributed by atoms with E-state index in [-0.39, 0.29) is 12.1 Å². The van der Waals surface area contributed by atoms with Crippen molar-refractivity contribution in [3.8, 4) is 5.75 Å². The Morgan fingerprint density at radius 1 is 1.33 bits per heavy atom. The van der Waals surface area contributed by atoms with Gasteiger partial charge in [0.2, 0.25) is 0 Å². The third kappa shape index (κ3) is 2.79. The van der Waals surface area contributed by atoms with E-state index < -0.39 is 0 Å². The molecule has 1 aliphatic rings. The van der Waals surface area contributed by atoms with Crippen molar-refractivity contribution in [3.05, 3.63) is 28.8 Å². The van der Waals surface area contributed by atoms with Crippen LogP contribution in [0.1, 0.15) is 24.4 Å². The summed E-state index contributed by atoms with van der Waals surface area (Å²) in [6.45, 7) is 0. The van der Waals surface area contributed by atoms with Crippen molar-refractivity contribution in [2.24, 2.45) is 5.92 Å². The third-order valence-electron chi connectivity index (χ3n) is 3.53. The second-order valence-corrected chi connectivity index (χ2v) is 5.11. The van der Waals surface area contributed by atoms with Gasteiger partial charge in [-0.05, 0) is 43.5 Å². The molecule has 0 amide bonds. The van der Waals surface area contributed by atoms with Crippen LogP contribution in [0.15, 0.2) is 18.2 Å². The fourth-order valence-electron chi connectivity index (χ4n) is 2.42. The molecule has 2 unspecified atom stereocenters. The smallest absolute Gasteiger partial charge is 0.137 e. The molecular weight excluding hydrogens is 250 g/mol. The van der Waals surface area contributed by atoms with Crippen molar-refractivity contribution in [2.75, 3.05) is 21.3 Å². The van der Waals surface area contributed by atoms with Gasteiger partial charge in [-0.1, -0.05) is 17.7 Å². The Kier molecular flexibility index (Phi) is 4.49. The van der Waals surface area contributed by atoms with E-state index in [1.54, 1.807) is 14.2 Å². The van der Waals surface area contributed by atoms with Gasteiger partial charge >= 0.3 is 0 Å². The lowest BCUT2D eigenvalue weighted by Gasteiger charge is -2.26. The second kappa shape index (κ2) is 5.91. The van der Waals surface area contributed by atoms with Crippen molar-refractivity contribution < 1.29 is 9.47 Å². The zero-order chi connectivity index (χ0) is 13.1. The molecule has 1 aliphatic carbocycles. The lowest BCUT2D eigenvalue weighted by molar-refractivity contribution is 0.0530. The average molecular weight is 270 g/mol. The number of hydrogen-bond acceptors (Lipinski definition) is 3. The topological polar surface area (TPSA) is 30.5 Å². The molecule has 100 valence electrons. The first-order valence-electron chi connectivity index (χ1n) is 6.24. The van der Waals surface area contributed by atoms with Crippen molar-refractivity contribution >= 4 is 11.6 Å². The number of methoxy groups -OCH3 is 2. The van der Waals surface area contributed by atoms with Crippen LogP contribution in [0.3, 0.4) is 0 Å². The monoisotopic (exact) mass is 269 g/mol. The molecule has 0 spiro atoms. The number of nitrogens with one attached hydrogen (secondary N) is 1. The van der Waals surface area contributed by atoms with Crippen LogP contribution in [0.5, 0.6) is 5.75 Å². The molecule has 1 aromatic carbocycles. The minimum atomic E-state index is 0.175. The van der Waals surface area contributed by atoms with Gasteiger partial charge in [0.05, 0.1) is 24.3 Å². The highest BCUT2D eigenvalue weighted by Crippen LogP contribution is 2.40. The minimum Gasteiger partial charge on any atom is -0.495 e. The molecule has 2 atom stereocenters. The minimum absolute atomic E-state index is 0.175. The summed E-state index contributed by atoms with van der Waals surface area (Å²) in [5.74, 6) is 1.37. The van der Waals surface area contributed by atoms with Crippen LogP contribution in [-0.4, -0.2) is 27.4 Å². The fourth-order valence-corrected chi connectivity index (χ4v) is 2.61. The van der Waals surface area contributed by atoms with Gasteiger partial charge in [-0.2, -0.15) is 0 Å². The van der Waals surface area contributed by atoms with E-state index in [9.17, 15) is 0 Å². The van der Waals surface area contributed by atoms with Crippen LogP contribution >= 0.6 is 11.6 Å². The predicted molar refractivity (Wildman–Crippen MR) is 73.3 cm³/mol. The molecule has 18 heavy (non-hydrogen) atoms. The van der Waals surface area contributed by atoms with Crippen molar-refractivity contribution in [1.82, 2.24) is 5.32 Å². The summed E-state index contributed by atoms with van der Waals surface area (Å²) < 4.78 is 10.9. The summed E-state index contributed by atoms with van der Waals surface area (Å²) in [6, 6.07) is 6.06. The summed E-state index contributed by atoms with van der Waals surface area (Å²) in [4.78, 5) is 0. The highest BCUT2D eigenvalue weighted by Gasteiger charge is 2.37. The fraction of sp³-hybridized carbons (Fsp3) is 0.571.